The highest BCUT2D eigenvalue weighted by Crippen LogP contribution is 2.48. The van der Waals surface area contributed by atoms with Crippen LogP contribution in [0, 0.1) is 23.6 Å². The Kier molecular flexibility index (Phi) is 7.65. The lowest BCUT2D eigenvalue weighted by Crippen LogP contribution is -2.30. The van der Waals surface area contributed by atoms with E-state index in [0.29, 0.717) is 11.5 Å². The number of alkyl halides is 3. The van der Waals surface area contributed by atoms with Gasteiger partial charge in [0.25, 0.3) is 0 Å². The van der Waals surface area contributed by atoms with Gasteiger partial charge in [-0.3, -0.25) is 0 Å². The van der Waals surface area contributed by atoms with Gasteiger partial charge >= 0.3 is 6.18 Å². The summed E-state index contributed by atoms with van der Waals surface area (Å²) in [6.45, 7) is 0.779. The highest BCUT2D eigenvalue weighted by molar-refractivity contribution is 5.64. The number of unbranched alkanes of at least 4 members (excludes halogenated alkanes) is 1. The Balaban J connectivity index is 1.36. The molecule has 2 saturated carbocycles. The lowest BCUT2D eigenvalue weighted by Gasteiger charge is -2.42. The molecule has 0 heterocycles. The molecule has 1 nitrogen and oxygen atoms in total. The van der Waals surface area contributed by atoms with E-state index in [1.54, 1.807) is 6.07 Å². The first kappa shape index (κ1) is 24.1. The van der Waals surface area contributed by atoms with E-state index < -0.39 is 18.6 Å². The van der Waals surface area contributed by atoms with E-state index in [1.807, 2.05) is 12.1 Å². The first-order valence-corrected chi connectivity index (χ1v) is 12.4. The molecule has 0 saturated heterocycles. The minimum atomic E-state index is -4.49. The number of ether oxygens (including phenoxy) is 1. The number of benzene rings is 2. The molecule has 0 amide bonds. The molecular formula is C28H34F4O. The molecule has 2 aliphatic rings. The standard InChI is InChI=1S/C28H34F4O/c1-2-3-4-19-5-6-24-16-23(12-11-22(24)15-19)20-7-9-21(10-8-20)25-13-14-27(26(29)17-25)33-18-28(30,31)32/h7-10,13-14,17,19,22-24H,2-6,11-12,15-16,18H2,1H3/t19?,22-,23-,24-/m1/s1. The molecule has 0 aromatic heterocycles. The monoisotopic (exact) mass is 462 g/mol. The van der Waals surface area contributed by atoms with Crippen LogP contribution < -0.4 is 4.74 Å². The fraction of sp³-hybridized carbons (Fsp3) is 0.571. The SMILES string of the molecule is CCCCC1CC[C@@H]2C[C@H](c3ccc(-c4ccc(OCC(F)(F)F)c(F)c4)cc3)CC[C@@H]2C1. The smallest absolute Gasteiger partial charge is 0.422 e. The highest BCUT2D eigenvalue weighted by atomic mass is 19.4. The van der Waals surface area contributed by atoms with Crippen molar-refractivity contribution in [2.24, 2.45) is 17.8 Å². The third kappa shape index (κ3) is 6.30. The maximum atomic E-state index is 14.2. The molecule has 0 spiro atoms. The van der Waals surface area contributed by atoms with Crippen molar-refractivity contribution in [3.8, 4) is 16.9 Å². The van der Waals surface area contributed by atoms with Crippen molar-refractivity contribution in [1.82, 2.24) is 0 Å². The molecule has 2 aromatic carbocycles. The van der Waals surface area contributed by atoms with E-state index in [9.17, 15) is 17.6 Å². The number of hydrogen-bond acceptors (Lipinski definition) is 1. The molecule has 1 unspecified atom stereocenters. The average molecular weight is 463 g/mol. The summed E-state index contributed by atoms with van der Waals surface area (Å²) in [6.07, 6.45) is 7.58. The highest BCUT2D eigenvalue weighted by Gasteiger charge is 2.35. The summed E-state index contributed by atoms with van der Waals surface area (Å²) in [7, 11) is 0. The van der Waals surface area contributed by atoms with E-state index in [4.69, 9.17) is 0 Å². The molecule has 5 heteroatoms. The van der Waals surface area contributed by atoms with Crippen LogP contribution in [0.3, 0.4) is 0 Å². The average Bonchev–Trinajstić information content (AvgIpc) is 2.81. The molecule has 0 radical (unpaired) electrons. The maximum Gasteiger partial charge on any atom is 0.422 e. The largest absolute Gasteiger partial charge is 0.481 e. The molecule has 2 aromatic rings. The van der Waals surface area contributed by atoms with E-state index in [-0.39, 0.29) is 5.75 Å². The predicted octanol–water partition coefficient (Wildman–Crippen LogP) is 8.92. The van der Waals surface area contributed by atoms with Crippen LogP contribution in [0.15, 0.2) is 42.5 Å². The third-order valence-electron chi connectivity index (χ3n) is 7.73. The van der Waals surface area contributed by atoms with Crippen molar-refractivity contribution in [1.29, 1.82) is 0 Å². The van der Waals surface area contributed by atoms with Gasteiger partial charge in [-0.2, -0.15) is 13.2 Å². The second kappa shape index (κ2) is 10.5. The van der Waals surface area contributed by atoms with E-state index in [1.165, 1.54) is 75.5 Å². The number of halogens is 4. The second-order valence-electron chi connectivity index (χ2n) is 10.0. The quantitative estimate of drug-likeness (QED) is 0.373. The summed E-state index contributed by atoms with van der Waals surface area (Å²) in [5.41, 5.74) is 2.83. The van der Waals surface area contributed by atoms with Gasteiger partial charge in [-0.15, -0.1) is 0 Å². The van der Waals surface area contributed by atoms with Crippen LogP contribution in [0.25, 0.3) is 11.1 Å². The lowest BCUT2D eigenvalue weighted by atomic mass is 9.63. The lowest BCUT2D eigenvalue weighted by molar-refractivity contribution is -0.153. The Bertz CT molecular complexity index is 905. The molecule has 0 N–H and O–H groups in total. The van der Waals surface area contributed by atoms with Gasteiger partial charge in [0, 0.05) is 0 Å². The van der Waals surface area contributed by atoms with Gasteiger partial charge in [-0.25, -0.2) is 4.39 Å². The fourth-order valence-corrected chi connectivity index (χ4v) is 5.95. The Morgan fingerprint density at radius 3 is 2.27 bits per heavy atom. The molecule has 180 valence electrons. The van der Waals surface area contributed by atoms with Crippen molar-refractivity contribution >= 4 is 0 Å². The van der Waals surface area contributed by atoms with Crippen molar-refractivity contribution in [2.45, 2.75) is 76.8 Å². The number of fused-ring (bicyclic) bond motifs is 1. The van der Waals surface area contributed by atoms with Crippen LogP contribution in [0.2, 0.25) is 0 Å². The van der Waals surface area contributed by atoms with Gasteiger partial charge in [-0.1, -0.05) is 62.9 Å². The van der Waals surface area contributed by atoms with E-state index in [2.05, 4.69) is 23.8 Å². The topological polar surface area (TPSA) is 9.23 Å². The molecule has 2 fully saturated rings. The Morgan fingerprint density at radius 1 is 0.879 bits per heavy atom. The first-order valence-electron chi connectivity index (χ1n) is 12.4. The summed E-state index contributed by atoms with van der Waals surface area (Å²) in [6, 6.07) is 12.4. The minimum Gasteiger partial charge on any atom is -0.481 e. The Labute approximate surface area is 194 Å². The summed E-state index contributed by atoms with van der Waals surface area (Å²) in [5.74, 6) is 2.11. The fourth-order valence-electron chi connectivity index (χ4n) is 5.95. The zero-order valence-corrected chi connectivity index (χ0v) is 19.3. The maximum absolute atomic E-state index is 14.2. The van der Waals surface area contributed by atoms with Crippen LogP contribution in [-0.4, -0.2) is 12.8 Å². The summed E-state index contributed by atoms with van der Waals surface area (Å²) >= 11 is 0. The normalized spacial score (nSPS) is 25.5. The molecule has 33 heavy (non-hydrogen) atoms. The van der Waals surface area contributed by atoms with Crippen molar-refractivity contribution in [3.05, 3.63) is 53.8 Å². The van der Waals surface area contributed by atoms with Crippen molar-refractivity contribution in [3.63, 3.8) is 0 Å². The third-order valence-corrected chi connectivity index (χ3v) is 7.73. The molecule has 2 aliphatic carbocycles. The molecule has 0 bridgehead atoms. The second-order valence-corrected chi connectivity index (χ2v) is 10.0. The van der Waals surface area contributed by atoms with Crippen molar-refractivity contribution in [2.75, 3.05) is 6.61 Å². The summed E-state index contributed by atoms with van der Waals surface area (Å²) in [5, 5.41) is 0. The Hall–Kier alpha value is -2.04. The van der Waals surface area contributed by atoms with Crippen LogP contribution in [0.4, 0.5) is 17.6 Å². The van der Waals surface area contributed by atoms with Gasteiger partial charge in [-0.05, 0) is 84.6 Å². The first-order chi connectivity index (χ1) is 15.8. The van der Waals surface area contributed by atoms with Crippen LogP contribution in [0.5, 0.6) is 5.75 Å². The van der Waals surface area contributed by atoms with Crippen LogP contribution in [0.1, 0.15) is 76.2 Å². The van der Waals surface area contributed by atoms with E-state index >= 15 is 0 Å². The minimum absolute atomic E-state index is 0.381. The van der Waals surface area contributed by atoms with Gasteiger partial charge in [0.2, 0.25) is 0 Å². The summed E-state index contributed by atoms with van der Waals surface area (Å²) in [4.78, 5) is 0. The van der Waals surface area contributed by atoms with Crippen LogP contribution in [-0.2, 0) is 0 Å². The summed E-state index contributed by atoms with van der Waals surface area (Å²) < 4.78 is 55.7. The van der Waals surface area contributed by atoms with Crippen LogP contribution >= 0.6 is 0 Å². The van der Waals surface area contributed by atoms with Gasteiger partial charge < -0.3 is 4.74 Å². The number of hydrogen-bond donors (Lipinski definition) is 0. The molecule has 0 aliphatic heterocycles. The van der Waals surface area contributed by atoms with Gasteiger partial charge in [0.05, 0.1) is 0 Å². The zero-order valence-electron chi connectivity index (χ0n) is 19.3. The Morgan fingerprint density at radius 2 is 1.58 bits per heavy atom. The van der Waals surface area contributed by atoms with E-state index in [0.717, 1.165) is 23.3 Å². The predicted molar refractivity (Wildman–Crippen MR) is 124 cm³/mol. The molecule has 4 atom stereocenters. The van der Waals surface area contributed by atoms with Gasteiger partial charge in [0.1, 0.15) is 0 Å². The molecule has 4 rings (SSSR count). The molecular weight excluding hydrogens is 428 g/mol. The van der Waals surface area contributed by atoms with Gasteiger partial charge in [0.15, 0.2) is 18.2 Å². The number of rotatable bonds is 7. The van der Waals surface area contributed by atoms with Crippen molar-refractivity contribution < 1.29 is 22.3 Å². The zero-order chi connectivity index (χ0) is 23.4.